The van der Waals surface area contributed by atoms with Gasteiger partial charge in [-0.2, -0.15) is 13.2 Å². The summed E-state index contributed by atoms with van der Waals surface area (Å²) in [7, 11) is 0. The second-order valence-corrected chi connectivity index (χ2v) is 4.05. The molecule has 0 fully saturated rings. The molecule has 90 valence electrons. The Morgan fingerprint density at radius 3 is 2.29 bits per heavy atom. The van der Waals surface area contributed by atoms with Crippen molar-refractivity contribution in [2.75, 3.05) is 0 Å². The molecular weight excluding hydrogens is 281 g/mol. The highest BCUT2D eigenvalue weighted by Crippen LogP contribution is 2.36. The predicted octanol–water partition coefficient (Wildman–Crippen LogP) is 4.70. The lowest BCUT2D eigenvalue weighted by molar-refractivity contribution is -0.140. The molecule has 0 aliphatic carbocycles. The van der Waals surface area contributed by atoms with Crippen LogP contribution in [0.3, 0.4) is 0 Å². The van der Waals surface area contributed by atoms with E-state index in [0.29, 0.717) is 6.07 Å². The van der Waals surface area contributed by atoms with Crippen LogP contribution in [0.5, 0.6) is 0 Å². The molecular formula is C10H3Cl2F4N. The van der Waals surface area contributed by atoms with Gasteiger partial charge in [0.2, 0.25) is 0 Å². The van der Waals surface area contributed by atoms with E-state index in [9.17, 15) is 17.6 Å². The first-order valence-electron chi connectivity index (χ1n) is 4.32. The second kappa shape index (κ2) is 3.99. The molecule has 0 amide bonds. The molecule has 0 spiro atoms. The van der Waals surface area contributed by atoms with Gasteiger partial charge >= 0.3 is 6.18 Å². The smallest absolute Gasteiger partial charge is 0.240 e. The number of halogens is 6. The maximum atomic E-state index is 13.4. The summed E-state index contributed by atoms with van der Waals surface area (Å²) in [5, 5.41) is -0.263. The standard InChI is InChI=1S/C10H3Cl2F4N/c11-4-1-2-6(13)9-8(4)5(12)3-7(17-9)10(14,15)16/h1-3H. The second-order valence-electron chi connectivity index (χ2n) is 3.24. The number of nitrogens with zero attached hydrogens (tertiary/aromatic N) is 1. The van der Waals surface area contributed by atoms with Crippen molar-refractivity contribution < 1.29 is 17.6 Å². The van der Waals surface area contributed by atoms with Gasteiger partial charge in [0.1, 0.15) is 17.0 Å². The maximum absolute atomic E-state index is 13.4. The Morgan fingerprint density at radius 2 is 1.71 bits per heavy atom. The van der Waals surface area contributed by atoms with E-state index in [2.05, 4.69) is 4.98 Å². The molecule has 0 N–H and O–H groups in total. The molecule has 0 aliphatic heterocycles. The van der Waals surface area contributed by atoms with E-state index in [0.717, 1.165) is 6.07 Å². The Morgan fingerprint density at radius 1 is 1.06 bits per heavy atom. The van der Waals surface area contributed by atoms with Gasteiger partial charge in [-0.15, -0.1) is 0 Å². The third-order valence-corrected chi connectivity index (χ3v) is 2.72. The average molecular weight is 284 g/mol. The predicted molar refractivity (Wildman–Crippen MR) is 56.7 cm³/mol. The quantitative estimate of drug-likeness (QED) is 0.639. The van der Waals surface area contributed by atoms with Crippen molar-refractivity contribution in [2.24, 2.45) is 0 Å². The third-order valence-electron chi connectivity index (χ3n) is 2.10. The zero-order valence-corrected chi connectivity index (χ0v) is 9.46. The van der Waals surface area contributed by atoms with Gasteiger partial charge in [0.05, 0.1) is 10.0 Å². The summed E-state index contributed by atoms with van der Waals surface area (Å²) in [6, 6.07) is 2.77. The van der Waals surface area contributed by atoms with Crippen LogP contribution in [-0.2, 0) is 6.18 Å². The number of pyridine rings is 1. The van der Waals surface area contributed by atoms with Gasteiger partial charge in [0.25, 0.3) is 0 Å². The fourth-order valence-electron chi connectivity index (χ4n) is 1.37. The Kier molecular flexibility index (Phi) is 2.91. The molecule has 0 bridgehead atoms. The summed E-state index contributed by atoms with van der Waals surface area (Å²) in [5.74, 6) is -0.905. The molecule has 17 heavy (non-hydrogen) atoms. The molecule has 1 nitrogen and oxygen atoms in total. The van der Waals surface area contributed by atoms with Crippen molar-refractivity contribution in [1.29, 1.82) is 0 Å². The SMILES string of the molecule is Fc1ccc(Cl)c2c(Cl)cc(C(F)(F)F)nc12. The number of hydrogen-bond acceptors (Lipinski definition) is 1. The lowest BCUT2D eigenvalue weighted by atomic mass is 10.2. The Labute approximate surface area is 103 Å². The van der Waals surface area contributed by atoms with Gasteiger partial charge in [0.15, 0.2) is 0 Å². The average Bonchev–Trinajstić information content (AvgIpc) is 2.21. The van der Waals surface area contributed by atoms with Gasteiger partial charge in [-0.25, -0.2) is 9.37 Å². The molecule has 2 rings (SSSR count). The fraction of sp³-hybridized carbons (Fsp3) is 0.100. The van der Waals surface area contributed by atoms with E-state index in [-0.39, 0.29) is 15.4 Å². The first kappa shape index (κ1) is 12.4. The highest BCUT2D eigenvalue weighted by Gasteiger charge is 2.33. The minimum Gasteiger partial charge on any atom is -0.240 e. The molecule has 1 heterocycles. The van der Waals surface area contributed by atoms with Crippen LogP contribution in [0.15, 0.2) is 18.2 Å². The zero-order chi connectivity index (χ0) is 12.8. The molecule has 1 aromatic heterocycles. The van der Waals surface area contributed by atoms with E-state index in [4.69, 9.17) is 23.2 Å². The van der Waals surface area contributed by atoms with Gasteiger partial charge in [-0.1, -0.05) is 23.2 Å². The van der Waals surface area contributed by atoms with Crippen molar-refractivity contribution in [2.45, 2.75) is 6.18 Å². The maximum Gasteiger partial charge on any atom is 0.433 e. The van der Waals surface area contributed by atoms with Crippen LogP contribution in [0, 0.1) is 5.82 Å². The summed E-state index contributed by atoms with van der Waals surface area (Å²) in [6.07, 6.45) is -4.69. The molecule has 2 aromatic rings. The topological polar surface area (TPSA) is 12.9 Å². The summed E-state index contributed by atoms with van der Waals surface area (Å²) in [6.45, 7) is 0. The monoisotopic (exact) mass is 283 g/mol. The molecule has 0 aliphatic rings. The van der Waals surface area contributed by atoms with Crippen LogP contribution in [0.25, 0.3) is 10.9 Å². The molecule has 1 aromatic carbocycles. The number of alkyl halides is 3. The molecule has 0 saturated carbocycles. The van der Waals surface area contributed by atoms with Gasteiger partial charge in [-0.3, -0.25) is 0 Å². The zero-order valence-electron chi connectivity index (χ0n) is 7.95. The highest BCUT2D eigenvalue weighted by molar-refractivity contribution is 6.42. The summed E-state index contributed by atoms with van der Waals surface area (Å²) < 4.78 is 50.7. The van der Waals surface area contributed by atoms with Crippen LogP contribution in [0.1, 0.15) is 5.69 Å². The van der Waals surface area contributed by atoms with E-state index >= 15 is 0 Å². The van der Waals surface area contributed by atoms with Crippen LogP contribution in [0.4, 0.5) is 17.6 Å². The molecule has 0 atom stereocenters. The first-order valence-corrected chi connectivity index (χ1v) is 5.08. The van der Waals surface area contributed by atoms with Crippen LogP contribution < -0.4 is 0 Å². The summed E-state index contributed by atoms with van der Waals surface area (Å²) in [4.78, 5) is 3.20. The van der Waals surface area contributed by atoms with Crippen LogP contribution in [-0.4, -0.2) is 4.98 Å². The molecule has 0 unspecified atom stereocenters. The van der Waals surface area contributed by atoms with E-state index in [1.54, 1.807) is 0 Å². The molecule has 0 radical (unpaired) electrons. The van der Waals surface area contributed by atoms with E-state index in [1.807, 2.05) is 0 Å². The van der Waals surface area contributed by atoms with Gasteiger partial charge in [0, 0.05) is 5.39 Å². The number of rotatable bonds is 0. The molecule has 7 heteroatoms. The summed E-state index contributed by atoms with van der Waals surface area (Å²) in [5.41, 5.74) is -1.74. The van der Waals surface area contributed by atoms with Gasteiger partial charge < -0.3 is 0 Å². The molecule has 0 saturated heterocycles. The number of hydrogen-bond donors (Lipinski definition) is 0. The fourth-order valence-corrected chi connectivity index (χ4v) is 1.97. The Balaban J connectivity index is 2.87. The van der Waals surface area contributed by atoms with Gasteiger partial charge in [-0.05, 0) is 18.2 Å². The third kappa shape index (κ3) is 2.17. The van der Waals surface area contributed by atoms with E-state index < -0.39 is 23.2 Å². The van der Waals surface area contributed by atoms with Crippen molar-refractivity contribution in [3.05, 3.63) is 39.8 Å². The Bertz CT molecular complexity index is 595. The van der Waals surface area contributed by atoms with Crippen LogP contribution in [0.2, 0.25) is 10.0 Å². The normalized spacial score (nSPS) is 12.1. The number of fused-ring (bicyclic) bond motifs is 1. The first-order chi connectivity index (χ1) is 7.80. The van der Waals surface area contributed by atoms with Crippen molar-refractivity contribution in [3.8, 4) is 0 Å². The van der Waals surface area contributed by atoms with Crippen LogP contribution >= 0.6 is 23.2 Å². The lowest BCUT2D eigenvalue weighted by Crippen LogP contribution is -2.08. The number of benzene rings is 1. The largest absolute Gasteiger partial charge is 0.433 e. The van der Waals surface area contributed by atoms with Crippen molar-refractivity contribution >= 4 is 34.1 Å². The van der Waals surface area contributed by atoms with Crippen molar-refractivity contribution in [1.82, 2.24) is 4.98 Å². The Hall–Kier alpha value is -1.07. The summed E-state index contributed by atoms with van der Waals surface area (Å²) >= 11 is 11.4. The highest BCUT2D eigenvalue weighted by atomic mass is 35.5. The lowest BCUT2D eigenvalue weighted by Gasteiger charge is -2.09. The number of aromatic nitrogens is 1. The minimum absolute atomic E-state index is 0.0265. The van der Waals surface area contributed by atoms with Crippen molar-refractivity contribution in [3.63, 3.8) is 0 Å². The minimum atomic E-state index is -4.69. The van der Waals surface area contributed by atoms with E-state index in [1.165, 1.54) is 6.07 Å².